The first-order chi connectivity index (χ1) is 13.5. The van der Waals surface area contributed by atoms with Crippen LogP contribution in [0, 0.1) is 0 Å². The van der Waals surface area contributed by atoms with Gasteiger partial charge in [0.2, 0.25) is 0 Å². The summed E-state index contributed by atoms with van der Waals surface area (Å²) in [5.74, 6) is 0.0170. The Kier molecular flexibility index (Phi) is 6.23. The van der Waals surface area contributed by atoms with E-state index < -0.39 is 5.91 Å². The van der Waals surface area contributed by atoms with E-state index in [1.54, 1.807) is 16.7 Å². The van der Waals surface area contributed by atoms with Gasteiger partial charge in [0.1, 0.15) is 5.82 Å². The molecule has 0 bridgehead atoms. The van der Waals surface area contributed by atoms with Gasteiger partial charge in [-0.05, 0) is 35.8 Å². The maximum atomic E-state index is 13.1. The van der Waals surface area contributed by atoms with Crippen LogP contribution in [-0.4, -0.2) is 20.7 Å². The molecular weight excluding hydrogens is 378 g/mol. The number of hydrogen-bond donors (Lipinski definition) is 2. The Labute approximate surface area is 167 Å². The van der Waals surface area contributed by atoms with E-state index in [0.717, 1.165) is 18.1 Å². The maximum Gasteiger partial charge on any atom is 0.267 e. The molecule has 0 spiro atoms. The van der Waals surface area contributed by atoms with Crippen LogP contribution in [-0.2, 0) is 24.2 Å². The number of hydroxylamine groups is 1. The maximum absolute atomic E-state index is 13.1. The predicted octanol–water partition coefficient (Wildman–Crippen LogP) is 3.37. The number of nitrogens with one attached hydrogen (secondary N) is 1. The number of amides is 1. The molecule has 6 nitrogen and oxygen atoms in total. The topological polar surface area (TPSA) is 84.2 Å². The van der Waals surface area contributed by atoms with Crippen molar-refractivity contribution in [1.29, 1.82) is 0 Å². The molecule has 0 fully saturated rings. The summed E-state index contributed by atoms with van der Waals surface area (Å²) in [6.07, 6.45) is 3.91. The molecule has 1 heterocycles. The van der Waals surface area contributed by atoms with Crippen LogP contribution in [0.25, 0.3) is 17.0 Å². The summed E-state index contributed by atoms with van der Waals surface area (Å²) in [4.78, 5) is 29.0. The summed E-state index contributed by atoms with van der Waals surface area (Å²) in [6.45, 7) is 2.48. The van der Waals surface area contributed by atoms with Crippen molar-refractivity contribution < 1.29 is 10.0 Å². The summed E-state index contributed by atoms with van der Waals surface area (Å²) in [6, 6.07) is 13.2. The van der Waals surface area contributed by atoms with Gasteiger partial charge in [-0.25, -0.2) is 10.5 Å². The van der Waals surface area contributed by atoms with E-state index in [1.807, 2.05) is 37.3 Å². The van der Waals surface area contributed by atoms with Crippen LogP contribution < -0.4 is 11.0 Å². The number of rotatable bonds is 6. The van der Waals surface area contributed by atoms with Crippen LogP contribution >= 0.6 is 11.6 Å². The van der Waals surface area contributed by atoms with Crippen molar-refractivity contribution >= 4 is 34.5 Å². The molecule has 2 aromatic carbocycles. The molecule has 0 atom stereocenters. The molecule has 1 amide bonds. The van der Waals surface area contributed by atoms with E-state index in [2.05, 4.69) is 4.98 Å². The fourth-order valence-corrected chi connectivity index (χ4v) is 3.24. The third-order valence-electron chi connectivity index (χ3n) is 4.46. The molecule has 0 saturated carbocycles. The van der Waals surface area contributed by atoms with Crippen molar-refractivity contribution in [2.24, 2.45) is 0 Å². The average molecular weight is 398 g/mol. The van der Waals surface area contributed by atoms with Crippen molar-refractivity contribution in [2.45, 2.75) is 26.3 Å². The molecule has 3 aromatic rings. The molecule has 0 radical (unpaired) electrons. The summed E-state index contributed by atoms with van der Waals surface area (Å²) in [7, 11) is 0. The van der Waals surface area contributed by atoms with Gasteiger partial charge in [0.05, 0.1) is 10.9 Å². The molecule has 0 unspecified atom stereocenters. The minimum Gasteiger partial charge on any atom is -0.296 e. The van der Waals surface area contributed by atoms with Gasteiger partial charge in [-0.15, -0.1) is 0 Å². The number of hydrogen-bond acceptors (Lipinski definition) is 4. The zero-order valence-electron chi connectivity index (χ0n) is 15.4. The standard InChI is InChI=1S/C21H20ClN3O3/c1-2-19-23-18-13-17(22)15(8-9-20(26)24-28)12-16(18)21(27)25(19)11-10-14-6-4-3-5-7-14/h3-9,12-13,28H,2,10-11H2,1H3,(H,24,26)/b9-8+. The Bertz CT molecular complexity index is 1090. The Balaban J connectivity index is 2.04. The van der Waals surface area contributed by atoms with E-state index in [1.165, 1.54) is 11.6 Å². The Morgan fingerprint density at radius 2 is 2.04 bits per heavy atom. The van der Waals surface area contributed by atoms with E-state index in [9.17, 15) is 9.59 Å². The lowest BCUT2D eigenvalue weighted by Gasteiger charge is -2.13. The van der Waals surface area contributed by atoms with Gasteiger partial charge >= 0.3 is 0 Å². The number of aromatic nitrogens is 2. The van der Waals surface area contributed by atoms with Gasteiger partial charge in [0.15, 0.2) is 0 Å². The van der Waals surface area contributed by atoms with Gasteiger partial charge in [0, 0.05) is 24.1 Å². The quantitative estimate of drug-likeness (QED) is 0.379. The molecule has 0 aliphatic rings. The molecule has 7 heteroatoms. The van der Waals surface area contributed by atoms with Crippen LogP contribution in [0.2, 0.25) is 5.02 Å². The highest BCUT2D eigenvalue weighted by molar-refractivity contribution is 6.32. The molecule has 144 valence electrons. The number of carbonyl (C=O) groups excluding carboxylic acids is 1. The lowest BCUT2D eigenvalue weighted by molar-refractivity contribution is -0.124. The zero-order chi connectivity index (χ0) is 20.1. The monoisotopic (exact) mass is 397 g/mol. The first kappa shape index (κ1) is 19.8. The normalized spacial score (nSPS) is 11.2. The highest BCUT2D eigenvalue weighted by atomic mass is 35.5. The molecule has 0 saturated heterocycles. The second kappa shape index (κ2) is 8.82. The van der Waals surface area contributed by atoms with Crippen molar-refractivity contribution in [1.82, 2.24) is 15.0 Å². The third kappa shape index (κ3) is 4.30. The second-order valence-corrected chi connectivity index (χ2v) is 6.68. The average Bonchev–Trinajstić information content (AvgIpc) is 2.72. The molecule has 1 aromatic heterocycles. The lowest BCUT2D eigenvalue weighted by atomic mass is 10.1. The SMILES string of the molecule is CCc1nc2cc(Cl)c(/C=C/C(=O)NO)cc2c(=O)n1CCc1ccccc1. The highest BCUT2D eigenvalue weighted by Gasteiger charge is 2.12. The van der Waals surface area contributed by atoms with Gasteiger partial charge in [0.25, 0.3) is 11.5 Å². The number of fused-ring (bicyclic) bond motifs is 1. The van der Waals surface area contributed by atoms with Crippen LogP contribution in [0.15, 0.2) is 53.3 Å². The van der Waals surface area contributed by atoms with Crippen molar-refractivity contribution in [3.8, 4) is 0 Å². The molecule has 0 aliphatic carbocycles. The van der Waals surface area contributed by atoms with Gasteiger partial charge in [-0.1, -0.05) is 48.9 Å². The Morgan fingerprint density at radius 1 is 1.29 bits per heavy atom. The number of carbonyl (C=O) groups is 1. The summed E-state index contributed by atoms with van der Waals surface area (Å²) < 4.78 is 1.69. The van der Waals surface area contributed by atoms with Crippen LogP contribution in [0.1, 0.15) is 23.9 Å². The second-order valence-electron chi connectivity index (χ2n) is 6.27. The van der Waals surface area contributed by atoms with Crippen LogP contribution in [0.4, 0.5) is 0 Å². The van der Waals surface area contributed by atoms with E-state index in [-0.39, 0.29) is 5.56 Å². The van der Waals surface area contributed by atoms with E-state index in [4.69, 9.17) is 16.8 Å². The van der Waals surface area contributed by atoms with Gasteiger partial charge < -0.3 is 0 Å². The first-order valence-electron chi connectivity index (χ1n) is 8.92. The zero-order valence-corrected chi connectivity index (χ0v) is 16.1. The van der Waals surface area contributed by atoms with Crippen molar-refractivity contribution in [3.05, 3.63) is 80.9 Å². The van der Waals surface area contributed by atoms with E-state index >= 15 is 0 Å². The lowest BCUT2D eigenvalue weighted by Crippen LogP contribution is -2.26. The largest absolute Gasteiger partial charge is 0.296 e. The third-order valence-corrected chi connectivity index (χ3v) is 4.79. The Hall–Kier alpha value is -2.96. The summed E-state index contributed by atoms with van der Waals surface area (Å²) >= 11 is 6.26. The Morgan fingerprint density at radius 3 is 2.71 bits per heavy atom. The fourth-order valence-electron chi connectivity index (χ4n) is 3.02. The molecule has 0 aliphatic heterocycles. The van der Waals surface area contributed by atoms with Gasteiger partial charge in [-0.3, -0.25) is 19.4 Å². The van der Waals surface area contributed by atoms with Gasteiger partial charge in [-0.2, -0.15) is 0 Å². The summed E-state index contributed by atoms with van der Waals surface area (Å²) in [5.41, 5.74) is 3.53. The molecule has 28 heavy (non-hydrogen) atoms. The molecule has 3 rings (SSSR count). The number of benzene rings is 2. The minimum atomic E-state index is -0.684. The molecule has 2 N–H and O–H groups in total. The fraction of sp³-hybridized carbons (Fsp3) is 0.190. The van der Waals surface area contributed by atoms with Crippen molar-refractivity contribution in [2.75, 3.05) is 0 Å². The number of halogens is 1. The van der Waals surface area contributed by atoms with Crippen LogP contribution in [0.5, 0.6) is 0 Å². The molecular formula is C21H20ClN3O3. The highest BCUT2D eigenvalue weighted by Crippen LogP contribution is 2.23. The summed E-state index contributed by atoms with van der Waals surface area (Å²) in [5, 5.41) is 9.39. The number of aryl methyl sites for hydroxylation is 2. The van der Waals surface area contributed by atoms with E-state index in [0.29, 0.717) is 40.3 Å². The smallest absolute Gasteiger partial charge is 0.267 e. The number of nitrogens with zero attached hydrogens (tertiary/aromatic N) is 2. The first-order valence-corrected chi connectivity index (χ1v) is 9.30. The van der Waals surface area contributed by atoms with Crippen LogP contribution in [0.3, 0.4) is 0 Å². The predicted molar refractivity (Wildman–Crippen MR) is 110 cm³/mol. The minimum absolute atomic E-state index is 0.143. The van der Waals surface area contributed by atoms with Crippen molar-refractivity contribution in [3.63, 3.8) is 0 Å².